The molecule has 2 amide bonds. The van der Waals surface area contributed by atoms with Crippen LogP contribution in [0.15, 0.2) is 49.1 Å². The van der Waals surface area contributed by atoms with Gasteiger partial charge in [-0.15, -0.1) is 0 Å². The van der Waals surface area contributed by atoms with Crippen LogP contribution in [0.1, 0.15) is 29.4 Å². The lowest BCUT2D eigenvalue weighted by Crippen LogP contribution is -2.29. The van der Waals surface area contributed by atoms with Gasteiger partial charge in [0.15, 0.2) is 5.82 Å². The summed E-state index contributed by atoms with van der Waals surface area (Å²) in [5.74, 6) is 5.87. The lowest BCUT2D eigenvalue weighted by Gasteiger charge is -2.19. The minimum atomic E-state index is -1.26. The number of hydrogen-bond donors (Lipinski definition) is 2. The van der Waals surface area contributed by atoms with Gasteiger partial charge < -0.3 is 15.7 Å². The van der Waals surface area contributed by atoms with Crippen LogP contribution in [0.5, 0.6) is 0 Å². The van der Waals surface area contributed by atoms with E-state index in [0.29, 0.717) is 42.1 Å². The lowest BCUT2D eigenvalue weighted by molar-refractivity contribution is -0.117. The van der Waals surface area contributed by atoms with Crippen molar-refractivity contribution in [1.29, 1.82) is 0 Å². The molecule has 0 saturated heterocycles. The number of rotatable bonds is 7. The third-order valence-electron chi connectivity index (χ3n) is 4.46. The Morgan fingerprint density at radius 1 is 1.35 bits per heavy atom. The van der Waals surface area contributed by atoms with Gasteiger partial charge in [0.1, 0.15) is 23.4 Å². The van der Waals surface area contributed by atoms with Crippen molar-refractivity contribution in [2.24, 2.45) is 5.73 Å². The first-order chi connectivity index (χ1) is 14.8. The van der Waals surface area contributed by atoms with E-state index >= 15 is 0 Å². The summed E-state index contributed by atoms with van der Waals surface area (Å²) in [4.78, 5) is 36.7. The van der Waals surface area contributed by atoms with Crippen molar-refractivity contribution >= 4 is 12.3 Å². The van der Waals surface area contributed by atoms with Gasteiger partial charge in [-0.05, 0) is 19.1 Å². The van der Waals surface area contributed by atoms with E-state index in [1.54, 1.807) is 61.5 Å². The van der Waals surface area contributed by atoms with E-state index in [9.17, 15) is 14.7 Å². The van der Waals surface area contributed by atoms with E-state index in [1.807, 2.05) is 0 Å². The molecule has 2 aromatic heterocycles. The molecule has 0 fully saturated rings. The molecule has 1 aromatic carbocycles. The van der Waals surface area contributed by atoms with Crippen LogP contribution in [0, 0.1) is 11.8 Å². The average Bonchev–Trinajstić information content (AvgIpc) is 3.31. The molecule has 0 unspecified atom stereocenters. The molecule has 158 valence electrons. The molecule has 0 bridgehead atoms. The number of aliphatic hydroxyl groups is 1. The van der Waals surface area contributed by atoms with E-state index in [0.717, 1.165) is 0 Å². The number of nitrogens with two attached hydrogens (primary N) is 1. The smallest absolute Gasteiger partial charge is 0.267 e. The van der Waals surface area contributed by atoms with Crippen LogP contribution in [0.3, 0.4) is 0 Å². The Labute approximate surface area is 179 Å². The first-order valence-electron chi connectivity index (χ1n) is 9.46. The normalized spacial score (nSPS) is 12.4. The maximum absolute atomic E-state index is 11.7. The summed E-state index contributed by atoms with van der Waals surface area (Å²) in [7, 11) is 1.64. The van der Waals surface area contributed by atoms with Crippen LogP contribution in [0.4, 0.5) is 0 Å². The number of benzene rings is 1. The Bertz CT molecular complexity index is 1150. The molecule has 0 radical (unpaired) electrons. The minimum Gasteiger partial charge on any atom is -0.378 e. The molecule has 0 saturated carbocycles. The maximum atomic E-state index is 11.7. The maximum Gasteiger partial charge on any atom is 0.267 e. The number of amides is 2. The third kappa shape index (κ3) is 5.74. The number of hydrogen-bond acceptors (Lipinski definition) is 6. The fourth-order valence-corrected chi connectivity index (χ4v) is 2.67. The fourth-order valence-electron chi connectivity index (χ4n) is 2.67. The summed E-state index contributed by atoms with van der Waals surface area (Å²) < 4.78 is 1.65. The third-order valence-corrected chi connectivity index (χ3v) is 4.46. The van der Waals surface area contributed by atoms with Gasteiger partial charge in [0.2, 0.25) is 6.41 Å². The van der Waals surface area contributed by atoms with E-state index in [-0.39, 0.29) is 5.69 Å². The molecule has 0 aliphatic carbocycles. The van der Waals surface area contributed by atoms with Gasteiger partial charge in [-0.3, -0.25) is 14.2 Å². The van der Waals surface area contributed by atoms with E-state index in [4.69, 9.17) is 5.73 Å². The SMILES string of the molecule is CN(C=O)CC[C@@](C)(O)C#Cc1cccc(-c2nc(C(N)=O)cc(-n3ccnc3)n2)c1. The highest BCUT2D eigenvalue weighted by Gasteiger charge is 2.17. The number of aromatic nitrogens is 4. The predicted molar refractivity (Wildman–Crippen MR) is 114 cm³/mol. The largest absolute Gasteiger partial charge is 0.378 e. The van der Waals surface area contributed by atoms with Crippen LogP contribution in [-0.2, 0) is 4.79 Å². The number of imidazole rings is 1. The molecule has 0 aliphatic heterocycles. The Kier molecular flexibility index (Phi) is 6.43. The molecule has 31 heavy (non-hydrogen) atoms. The van der Waals surface area contributed by atoms with Crippen molar-refractivity contribution in [2.45, 2.75) is 18.9 Å². The molecule has 3 aromatic rings. The second-order valence-electron chi connectivity index (χ2n) is 7.21. The van der Waals surface area contributed by atoms with Gasteiger partial charge in [0.25, 0.3) is 5.91 Å². The quantitative estimate of drug-likeness (QED) is 0.435. The van der Waals surface area contributed by atoms with Gasteiger partial charge >= 0.3 is 0 Å². The summed E-state index contributed by atoms with van der Waals surface area (Å²) in [6, 6.07) is 8.62. The molecule has 1 atom stereocenters. The van der Waals surface area contributed by atoms with Crippen molar-refractivity contribution < 1.29 is 14.7 Å². The van der Waals surface area contributed by atoms with Gasteiger partial charge in [-0.25, -0.2) is 15.0 Å². The van der Waals surface area contributed by atoms with Gasteiger partial charge in [0, 0.05) is 49.6 Å². The van der Waals surface area contributed by atoms with Crippen LogP contribution in [0.2, 0.25) is 0 Å². The second-order valence-corrected chi connectivity index (χ2v) is 7.21. The van der Waals surface area contributed by atoms with Crippen LogP contribution >= 0.6 is 0 Å². The van der Waals surface area contributed by atoms with Crippen molar-refractivity contribution in [3.8, 4) is 29.0 Å². The molecule has 9 heteroatoms. The van der Waals surface area contributed by atoms with Gasteiger partial charge in [-0.1, -0.05) is 24.0 Å². The predicted octanol–water partition coefficient (Wildman–Crippen LogP) is 1.01. The molecule has 0 aliphatic rings. The topological polar surface area (TPSA) is 127 Å². The zero-order valence-electron chi connectivity index (χ0n) is 17.2. The highest BCUT2D eigenvalue weighted by Crippen LogP contribution is 2.19. The van der Waals surface area contributed by atoms with Gasteiger partial charge in [0.05, 0.1) is 0 Å². The van der Waals surface area contributed by atoms with Crippen LogP contribution in [-0.4, -0.2) is 61.0 Å². The number of nitrogens with zero attached hydrogens (tertiary/aromatic N) is 5. The first-order valence-corrected chi connectivity index (χ1v) is 9.46. The van der Waals surface area contributed by atoms with E-state index < -0.39 is 11.5 Å². The van der Waals surface area contributed by atoms with Crippen molar-refractivity contribution in [1.82, 2.24) is 24.4 Å². The van der Waals surface area contributed by atoms with Crippen molar-refractivity contribution in [2.75, 3.05) is 13.6 Å². The summed E-state index contributed by atoms with van der Waals surface area (Å²) >= 11 is 0. The Hall–Kier alpha value is -4.03. The highest BCUT2D eigenvalue weighted by molar-refractivity contribution is 5.91. The van der Waals surface area contributed by atoms with Crippen LogP contribution < -0.4 is 5.73 Å². The second kappa shape index (κ2) is 9.19. The average molecular weight is 418 g/mol. The van der Waals surface area contributed by atoms with Crippen molar-refractivity contribution in [3.05, 3.63) is 60.3 Å². The Morgan fingerprint density at radius 3 is 2.84 bits per heavy atom. The molecule has 3 N–H and O–H groups in total. The number of carbonyl (C=O) groups excluding carboxylic acids is 2. The van der Waals surface area contributed by atoms with E-state index in [1.165, 1.54) is 11.0 Å². The number of primary amides is 1. The molecular weight excluding hydrogens is 396 g/mol. The Morgan fingerprint density at radius 2 is 2.16 bits per heavy atom. The molecule has 0 spiro atoms. The standard InChI is InChI=1S/C22H22N6O3/c1-22(31,8-10-27(2)15-29)7-6-16-4-3-5-17(12-16)21-25-18(20(23)30)13-19(26-21)28-11-9-24-14-28/h3-5,9,11-15,31H,8,10H2,1-2H3,(H2,23,30)/t22-/m0/s1. The van der Waals surface area contributed by atoms with Gasteiger partial charge in [-0.2, -0.15) is 0 Å². The van der Waals surface area contributed by atoms with E-state index in [2.05, 4.69) is 26.8 Å². The molecule has 9 nitrogen and oxygen atoms in total. The zero-order chi connectivity index (χ0) is 22.4. The monoisotopic (exact) mass is 418 g/mol. The number of carbonyl (C=O) groups is 2. The summed E-state index contributed by atoms with van der Waals surface area (Å²) in [5.41, 5.74) is 5.53. The first kappa shape index (κ1) is 21.7. The summed E-state index contributed by atoms with van der Waals surface area (Å²) in [6.07, 6.45) is 5.87. The fraction of sp³-hybridized carbons (Fsp3) is 0.227. The summed E-state index contributed by atoms with van der Waals surface area (Å²) in [6.45, 7) is 1.98. The van der Waals surface area contributed by atoms with Crippen LogP contribution in [0.25, 0.3) is 17.2 Å². The lowest BCUT2D eigenvalue weighted by atomic mass is 10.0. The molecule has 2 heterocycles. The summed E-state index contributed by atoms with van der Waals surface area (Å²) in [5, 5.41) is 10.4. The Balaban J connectivity index is 1.92. The molecular formula is C22H22N6O3. The van der Waals surface area contributed by atoms with Crippen molar-refractivity contribution in [3.63, 3.8) is 0 Å². The zero-order valence-corrected chi connectivity index (χ0v) is 17.2. The molecule has 3 rings (SSSR count). The minimum absolute atomic E-state index is 0.0763. The highest BCUT2D eigenvalue weighted by atomic mass is 16.3.